The SMILES string of the molecule is O=C(c1ccc(Oc2cccnc2)cc1)N1CCC[C@@H]1Cn1cccn1. The van der Waals surface area contributed by atoms with Crippen molar-refractivity contribution in [2.45, 2.75) is 25.4 Å². The van der Waals surface area contributed by atoms with Crippen LogP contribution in [0.4, 0.5) is 0 Å². The smallest absolute Gasteiger partial charge is 0.254 e. The average molecular weight is 348 g/mol. The molecular weight excluding hydrogens is 328 g/mol. The maximum Gasteiger partial charge on any atom is 0.254 e. The van der Waals surface area contributed by atoms with Crippen molar-refractivity contribution < 1.29 is 9.53 Å². The lowest BCUT2D eigenvalue weighted by Gasteiger charge is -2.25. The summed E-state index contributed by atoms with van der Waals surface area (Å²) in [4.78, 5) is 18.9. The summed E-state index contributed by atoms with van der Waals surface area (Å²) >= 11 is 0. The molecule has 0 unspecified atom stereocenters. The van der Waals surface area contributed by atoms with E-state index in [1.807, 2.05) is 58.2 Å². The number of aromatic nitrogens is 3. The minimum atomic E-state index is 0.0626. The number of carbonyl (C=O) groups excluding carboxylic acids is 1. The summed E-state index contributed by atoms with van der Waals surface area (Å²) in [6.45, 7) is 1.53. The summed E-state index contributed by atoms with van der Waals surface area (Å²) in [5.41, 5.74) is 0.677. The minimum Gasteiger partial charge on any atom is -0.456 e. The molecule has 1 atom stereocenters. The molecule has 1 saturated heterocycles. The topological polar surface area (TPSA) is 60.2 Å². The molecule has 4 rings (SSSR count). The maximum atomic E-state index is 12.9. The Hall–Kier alpha value is -3.15. The molecule has 6 nitrogen and oxygen atoms in total. The molecule has 1 aromatic carbocycles. The van der Waals surface area contributed by atoms with Crippen LogP contribution in [0.5, 0.6) is 11.5 Å². The number of rotatable bonds is 5. The number of benzene rings is 1. The average Bonchev–Trinajstić information content (AvgIpc) is 3.35. The molecule has 1 aliphatic rings. The Morgan fingerprint density at radius 1 is 1.12 bits per heavy atom. The molecule has 0 bridgehead atoms. The quantitative estimate of drug-likeness (QED) is 0.709. The molecule has 0 N–H and O–H groups in total. The van der Waals surface area contributed by atoms with E-state index in [2.05, 4.69) is 10.1 Å². The molecule has 6 heteroatoms. The van der Waals surface area contributed by atoms with Gasteiger partial charge in [0, 0.05) is 30.7 Å². The van der Waals surface area contributed by atoms with Crippen LogP contribution in [-0.4, -0.2) is 38.2 Å². The van der Waals surface area contributed by atoms with E-state index in [-0.39, 0.29) is 11.9 Å². The van der Waals surface area contributed by atoms with Gasteiger partial charge in [-0.05, 0) is 55.3 Å². The summed E-state index contributed by atoms with van der Waals surface area (Å²) in [6, 6.07) is 13.0. The minimum absolute atomic E-state index is 0.0626. The number of ether oxygens (including phenoxy) is 1. The number of hydrogen-bond donors (Lipinski definition) is 0. The van der Waals surface area contributed by atoms with Gasteiger partial charge in [0.05, 0.1) is 18.8 Å². The molecule has 1 aliphatic heterocycles. The van der Waals surface area contributed by atoms with Gasteiger partial charge in [0.2, 0.25) is 0 Å². The van der Waals surface area contributed by atoms with E-state index < -0.39 is 0 Å². The highest BCUT2D eigenvalue weighted by molar-refractivity contribution is 5.94. The highest BCUT2D eigenvalue weighted by atomic mass is 16.5. The van der Waals surface area contributed by atoms with Crippen LogP contribution in [0.3, 0.4) is 0 Å². The van der Waals surface area contributed by atoms with Gasteiger partial charge >= 0.3 is 0 Å². The van der Waals surface area contributed by atoms with Crippen LogP contribution >= 0.6 is 0 Å². The summed E-state index contributed by atoms with van der Waals surface area (Å²) in [5.74, 6) is 1.42. The van der Waals surface area contributed by atoms with E-state index >= 15 is 0 Å². The predicted octanol–water partition coefficient (Wildman–Crippen LogP) is 3.38. The summed E-state index contributed by atoms with van der Waals surface area (Å²) in [5, 5.41) is 4.25. The van der Waals surface area contributed by atoms with Crippen LogP contribution in [0.25, 0.3) is 0 Å². The maximum absolute atomic E-state index is 12.9. The molecule has 26 heavy (non-hydrogen) atoms. The van der Waals surface area contributed by atoms with Gasteiger partial charge in [-0.25, -0.2) is 0 Å². The van der Waals surface area contributed by atoms with Gasteiger partial charge in [0.15, 0.2) is 0 Å². The van der Waals surface area contributed by atoms with Crippen molar-refractivity contribution in [1.29, 1.82) is 0 Å². The molecular formula is C20H20N4O2. The molecule has 0 radical (unpaired) electrons. The largest absolute Gasteiger partial charge is 0.456 e. The molecule has 132 valence electrons. The predicted molar refractivity (Wildman–Crippen MR) is 97.0 cm³/mol. The molecule has 1 fully saturated rings. The van der Waals surface area contributed by atoms with Gasteiger partial charge in [0.1, 0.15) is 11.5 Å². The summed E-state index contributed by atoms with van der Waals surface area (Å²) in [6.07, 6.45) is 9.09. The lowest BCUT2D eigenvalue weighted by molar-refractivity contribution is 0.0721. The zero-order chi connectivity index (χ0) is 17.8. The van der Waals surface area contributed by atoms with Gasteiger partial charge < -0.3 is 9.64 Å². The van der Waals surface area contributed by atoms with Gasteiger partial charge in [0.25, 0.3) is 5.91 Å². The van der Waals surface area contributed by atoms with Crippen molar-refractivity contribution >= 4 is 5.91 Å². The monoisotopic (exact) mass is 348 g/mol. The van der Waals surface area contributed by atoms with Crippen LogP contribution in [0, 0.1) is 0 Å². The van der Waals surface area contributed by atoms with Crippen LogP contribution in [0.15, 0.2) is 67.3 Å². The molecule has 3 aromatic rings. The van der Waals surface area contributed by atoms with E-state index in [1.165, 1.54) is 0 Å². The zero-order valence-corrected chi connectivity index (χ0v) is 14.4. The molecule has 0 saturated carbocycles. The molecule has 0 aliphatic carbocycles. The Kier molecular flexibility index (Phi) is 4.64. The van der Waals surface area contributed by atoms with Crippen molar-refractivity contribution in [3.8, 4) is 11.5 Å². The molecule has 3 heterocycles. The Labute approximate surface area is 152 Å². The van der Waals surface area contributed by atoms with Gasteiger partial charge in [-0.1, -0.05) is 0 Å². The molecule has 1 amide bonds. The second-order valence-electron chi connectivity index (χ2n) is 6.34. The second-order valence-corrected chi connectivity index (χ2v) is 6.34. The van der Waals surface area contributed by atoms with Crippen molar-refractivity contribution in [2.75, 3.05) is 6.54 Å². The van der Waals surface area contributed by atoms with Crippen LogP contribution in [-0.2, 0) is 6.54 Å². The number of carbonyl (C=O) groups is 1. The van der Waals surface area contributed by atoms with E-state index in [0.717, 1.165) is 25.9 Å². The third-order valence-electron chi connectivity index (χ3n) is 4.57. The van der Waals surface area contributed by atoms with Gasteiger partial charge in [-0.15, -0.1) is 0 Å². The Bertz CT molecular complexity index is 847. The fourth-order valence-corrected chi connectivity index (χ4v) is 3.29. The standard InChI is InChI=1S/C20H20N4O2/c25-20(24-13-2-4-17(24)15-23-12-3-11-22-23)16-6-8-18(9-7-16)26-19-5-1-10-21-14-19/h1,3,5-12,14,17H,2,4,13,15H2/t17-/m1/s1. The van der Waals surface area contributed by atoms with Gasteiger partial charge in [-0.2, -0.15) is 5.10 Å². The number of likely N-dealkylation sites (tertiary alicyclic amines) is 1. The van der Waals surface area contributed by atoms with Crippen molar-refractivity contribution in [1.82, 2.24) is 19.7 Å². The number of pyridine rings is 1. The highest BCUT2D eigenvalue weighted by Crippen LogP contribution is 2.24. The van der Waals surface area contributed by atoms with Crippen LogP contribution in [0.1, 0.15) is 23.2 Å². The third-order valence-corrected chi connectivity index (χ3v) is 4.57. The lowest BCUT2D eigenvalue weighted by atomic mass is 10.1. The lowest BCUT2D eigenvalue weighted by Crippen LogP contribution is -2.38. The van der Waals surface area contributed by atoms with E-state index in [0.29, 0.717) is 17.1 Å². The Morgan fingerprint density at radius 2 is 2.00 bits per heavy atom. The van der Waals surface area contributed by atoms with Crippen molar-refractivity contribution in [3.05, 3.63) is 72.8 Å². The fourth-order valence-electron chi connectivity index (χ4n) is 3.29. The van der Waals surface area contributed by atoms with Crippen molar-refractivity contribution in [3.63, 3.8) is 0 Å². The van der Waals surface area contributed by atoms with E-state index in [1.54, 1.807) is 18.6 Å². The summed E-state index contributed by atoms with van der Waals surface area (Å²) < 4.78 is 7.62. The fraction of sp³-hybridized carbons (Fsp3) is 0.250. The normalized spacial score (nSPS) is 16.6. The first kappa shape index (κ1) is 16.3. The van der Waals surface area contributed by atoms with Gasteiger partial charge in [-0.3, -0.25) is 14.5 Å². The first-order valence-corrected chi connectivity index (χ1v) is 8.76. The number of nitrogens with zero attached hydrogens (tertiary/aromatic N) is 4. The van der Waals surface area contributed by atoms with Crippen LogP contribution < -0.4 is 4.74 Å². The third kappa shape index (κ3) is 3.59. The van der Waals surface area contributed by atoms with Crippen LogP contribution in [0.2, 0.25) is 0 Å². The van der Waals surface area contributed by atoms with Crippen molar-refractivity contribution in [2.24, 2.45) is 0 Å². The zero-order valence-electron chi connectivity index (χ0n) is 14.4. The van der Waals surface area contributed by atoms with E-state index in [4.69, 9.17) is 4.74 Å². The molecule has 2 aromatic heterocycles. The first-order chi connectivity index (χ1) is 12.8. The number of amides is 1. The first-order valence-electron chi connectivity index (χ1n) is 8.76. The van der Waals surface area contributed by atoms with E-state index in [9.17, 15) is 4.79 Å². The molecule has 0 spiro atoms. The summed E-state index contributed by atoms with van der Waals surface area (Å²) in [7, 11) is 0. The number of hydrogen-bond acceptors (Lipinski definition) is 4. The highest BCUT2D eigenvalue weighted by Gasteiger charge is 2.29. The second kappa shape index (κ2) is 7.39. The Balaban J connectivity index is 1.44. The Morgan fingerprint density at radius 3 is 2.73 bits per heavy atom.